The molecule has 0 radical (unpaired) electrons. The number of benzene rings is 1. The van der Waals surface area contributed by atoms with E-state index in [4.69, 9.17) is 16.3 Å². The van der Waals surface area contributed by atoms with Gasteiger partial charge in [-0.25, -0.2) is 4.98 Å². The van der Waals surface area contributed by atoms with Gasteiger partial charge in [0.25, 0.3) is 0 Å². The van der Waals surface area contributed by atoms with Gasteiger partial charge < -0.3 is 4.74 Å². The number of hydrogen-bond donors (Lipinski definition) is 0. The summed E-state index contributed by atoms with van der Waals surface area (Å²) in [7, 11) is 0. The molecule has 0 saturated carbocycles. The minimum atomic E-state index is -0.198. The van der Waals surface area contributed by atoms with Crippen LogP contribution in [0.1, 0.15) is 20.3 Å². The average Bonchev–Trinajstić information content (AvgIpc) is 2.77. The van der Waals surface area contributed by atoms with Crippen molar-refractivity contribution in [1.82, 2.24) is 4.98 Å². The number of rotatable bonds is 5. The number of esters is 1. The molecule has 0 amide bonds. The molecule has 0 N–H and O–H groups in total. The number of nitrogens with zero attached hydrogens (tertiary/aromatic N) is 1. The van der Waals surface area contributed by atoms with Crippen LogP contribution in [0.15, 0.2) is 22.5 Å². The molecule has 1 atom stereocenters. The molecular formula is C13H14ClNO2S2. The minimum Gasteiger partial charge on any atom is -0.465 e. The highest BCUT2D eigenvalue weighted by Gasteiger charge is 2.21. The summed E-state index contributed by atoms with van der Waals surface area (Å²) >= 11 is 8.97. The van der Waals surface area contributed by atoms with E-state index in [1.807, 2.05) is 32.0 Å². The highest BCUT2D eigenvalue weighted by molar-refractivity contribution is 8.02. The van der Waals surface area contributed by atoms with Gasteiger partial charge in [-0.1, -0.05) is 30.3 Å². The third-order valence-electron chi connectivity index (χ3n) is 2.49. The van der Waals surface area contributed by atoms with Gasteiger partial charge in [-0.3, -0.25) is 4.79 Å². The Balaban J connectivity index is 2.17. The summed E-state index contributed by atoms with van der Waals surface area (Å²) in [6.45, 7) is 4.19. The van der Waals surface area contributed by atoms with E-state index in [0.29, 0.717) is 11.6 Å². The standard InChI is InChI=1S/C13H14ClNO2S2/c1-3-10(12(16)17-4-2)18-13-15-9-7-8(14)5-6-11(9)19-13/h5-7,10H,3-4H2,1-2H3. The van der Waals surface area contributed by atoms with Crippen LogP contribution in [0.2, 0.25) is 5.02 Å². The first-order valence-corrected chi connectivity index (χ1v) is 8.10. The van der Waals surface area contributed by atoms with Gasteiger partial charge in [-0.15, -0.1) is 11.3 Å². The number of thiazole rings is 1. The van der Waals surface area contributed by atoms with E-state index >= 15 is 0 Å². The third-order valence-corrected chi connectivity index (χ3v) is 5.20. The Bertz CT molecular complexity index is 585. The Morgan fingerprint density at radius 3 is 3.00 bits per heavy atom. The Labute approximate surface area is 125 Å². The second-order valence-corrected chi connectivity index (χ2v) is 6.78. The molecule has 0 aliphatic carbocycles. The van der Waals surface area contributed by atoms with Gasteiger partial charge in [0.1, 0.15) is 5.25 Å². The van der Waals surface area contributed by atoms with Crippen molar-refractivity contribution in [2.24, 2.45) is 0 Å². The zero-order chi connectivity index (χ0) is 13.8. The van der Waals surface area contributed by atoms with Crippen LogP contribution in [0.3, 0.4) is 0 Å². The fraction of sp³-hybridized carbons (Fsp3) is 0.385. The van der Waals surface area contributed by atoms with Crippen LogP contribution >= 0.6 is 34.7 Å². The van der Waals surface area contributed by atoms with Gasteiger partial charge >= 0.3 is 5.97 Å². The van der Waals surface area contributed by atoms with Crippen LogP contribution < -0.4 is 0 Å². The van der Waals surface area contributed by atoms with Crippen LogP contribution in [-0.4, -0.2) is 22.8 Å². The number of halogens is 1. The van der Waals surface area contributed by atoms with E-state index in [2.05, 4.69) is 4.98 Å². The lowest BCUT2D eigenvalue weighted by Crippen LogP contribution is -2.19. The first-order chi connectivity index (χ1) is 9.13. The predicted octanol–water partition coefficient (Wildman–Crippen LogP) is 4.38. The number of thioether (sulfide) groups is 1. The van der Waals surface area contributed by atoms with Gasteiger partial charge in [0.2, 0.25) is 0 Å². The smallest absolute Gasteiger partial charge is 0.319 e. The highest BCUT2D eigenvalue weighted by Crippen LogP contribution is 2.34. The maximum Gasteiger partial charge on any atom is 0.319 e. The van der Waals surface area contributed by atoms with Crippen LogP contribution in [0.4, 0.5) is 0 Å². The summed E-state index contributed by atoms with van der Waals surface area (Å²) in [6.07, 6.45) is 0.722. The number of ether oxygens (including phenoxy) is 1. The molecule has 0 saturated heterocycles. The Morgan fingerprint density at radius 1 is 1.53 bits per heavy atom. The van der Waals surface area contributed by atoms with E-state index in [0.717, 1.165) is 21.0 Å². The van der Waals surface area contributed by atoms with Crippen molar-refractivity contribution in [3.05, 3.63) is 23.2 Å². The zero-order valence-corrected chi connectivity index (χ0v) is 13.1. The van der Waals surface area contributed by atoms with E-state index in [1.165, 1.54) is 11.8 Å². The maximum absolute atomic E-state index is 11.8. The lowest BCUT2D eigenvalue weighted by Gasteiger charge is -2.10. The van der Waals surface area contributed by atoms with E-state index in [-0.39, 0.29) is 11.2 Å². The third kappa shape index (κ3) is 3.61. The number of aromatic nitrogens is 1. The second kappa shape index (κ2) is 6.59. The van der Waals surface area contributed by atoms with Crippen LogP contribution in [0.5, 0.6) is 0 Å². The quantitative estimate of drug-likeness (QED) is 0.606. The summed E-state index contributed by atoms with van der Waals surface area (Å²) in [5.41, 5.74) is 0.874. The maximum atomic E-state index is 11.8. The molecule has 0 spiro atoms. The van der Waals surface area contributed by atoms with Crippen molar-refractivity contribution in [2.75, 3.05) is 6.61 Å². The Hall–Kier alpha value is -0.780. The molecule has 0 bridgehead atoms. The van der Waals surface area contributed by atoms with Gasteiger partial charge in [0.15, 0.2) is 4.34 Å². The zero-order valence-electron chi connectivity index (χ0n) is 10.7. The number of carbonyl (C=O) groups is 1. The summed E-state index contributed by atoms with van der Waals surface area (Å²) in [5, 5.41) is 0.475. The first kappa shape index (κ1) is 14.6. The monoisotopic (exact) mass is 315 g/mol. The van der Waals surface area contributed by atoms with Gasteiger partial charge in [0, 0.05) is 5.02 Å². The first-order valence-electron chi connectivity index (χ1n) is 6.03. The molecule has 6 heteroatoms. The molecule has 0 aliphatic rings. The molecule has 102 valence electrons. The normalized spacial score (nSPS) is 12.6. The largest absolute Gasteiger partial charge is 0.465 e. The molecule has 2 rings (SSSR count). The highest BCUT2D eigenvalue weighted by atomic mass is 35.5. The molecule has 1 unspecified atom stereocenters. The van der Waals surface area contributed by atoms with Crippen LogP contribution in [-0.2, 0) is 9.53 Å². The van der Waals surface area contributed by atoms with Gasteiger partial charge in [0.05, 0.1) is 16.8 Å². The van der Waals surface area contributed by atoms with Crippen molar-refractivity contribution in [3.63, 3.8) is 0 Å². The Kier molecular flexibility index (Phi) is 5.07. The molecule has 0 fully saturated rings. The lowest BCUT2D eigenvalue weighted by atomic mass is 10.3. The van der Waals surface area contributed by atoms with E-state index in [9.17, 15) is 4.79 Å². The summed E-state index contributed by atoms with van der Waals surface area (Å²) in [5.74, 6) is -0.174. The van der Waals surface area contributed by atoms with Gasteiger partial charge in [-0.2, -0.15) is 0 Å². The van der Waals surface area contributed by atoms with Crippen LogP contribution in [0, 0.1) is 0 Å². The molecule has 2 aromatic rings. The van der Waals surface area contributed by atoms with Gasteiger partial charge in [-0.05, 0) is 31.5 Å². The number of carbonyl (C=O) groups excluding carboxylic acids is 1. The molecule has 1 heterocycles. The van der Waals surface area contributed by atoms with E-state index in [1.54, 1.807) is 11.3 Å². The molecule has 3 nitrogen and oxygen atoms in total. The van der Waals surface area contributed by atoms with Crippen molar-refractivity contribution >= 4 is 50.9 Å². The fourth-order valence-corrected chi connectivity index (χ4v) is 3.96. The lowest BCUT2D eigenvalue weighted by molar-refractivity contribution is -0.142. The molecule has 19 heavy (non-hydrogen) atoms. The molecule has 1 aromatic carbocycles. The van der Waals surface area contributed by atoms with Crippen molar-refractivity contribution < 1.29 is 9.53 Å². The summed E-state index contributed by atoms with van der Waals surface area (Å²) in [4.78, 5) is 16.3. The second-order valence-electron chi connectivity index (χ2n) is 3.86. The average molecular weight is 316 g/mol. The molecule has 0 aliphatic heterocycles. The minimum absolute atomic E-state index is 0.174. The Morgan fingerprint density at radius 2 is 2.32 bits per heavy atom. The topological polar surface area (TPSA) is 39.2 Å². The SMILES string of the molecule is CCOC(=O)C(CC)Sc1nc2cc(Cl)ccc2s1. The van der Waals surface area contributed by atoms with E-state index < -0.39 is 0 Å². The molecular weight excluding hydrogens is 302 g/mol. The van der Waals surface area contributed by atoms with Crippen molar-refractivity contribution in [2.45, 2.75) is 29.9 Å². The number of fused-ring (bicyclic) bond motifs is 1. The van der Waals surface area contributed by atoms with Crippen LogP contribution in [0.25, 0.3) is 10.2 Å². The van der Waals surface area contributed by atoms with Crippen molar-refractivity contribution in [1.29, 1.82) is 0 Å². The summed E-state index contributed by atoms with van der Waals surface area (Å²) in [6, 6.07) is 5.63. The van der Waals surface area contributed by atoms with Crippen molar-refractivity contribution in [3.8, 4) is 0 Å². The predicted molar refractivity (Wildman–Crippen MR) is 81.2 cm³/mol. The molecule has 1 aromatic heterocycles. The summed E-state index contributed by atoms with van der Waals surface area (Å²) < 4.78 is 7.00. The fourth-order valence-electron chi connectivity index (χ4n) is 1.58. The number of hydrogen-bond acceptors (Lipinski definition) is 5.